The quantitative estimate of drug-likeness (QED) is 0.326. The number of aliphatic imine (C=N–C) groups is 1. The standard InChI is InChI=1S/C18H35N5O2S.HI/c1-15(2)16-14-23(9-12-26-16)18(20-13-17(24)21(3)4)19-5-6-22-7-10-25-11-8-22;/h15-16H,5-14H2,1-4H3,(H,19,20);1H. The fourth-order valence-electron chi connectivity index (χ4n) is 2.97. The average Bonchev–Trinajstić information content (AvgIpc) is 2.65. The highest BCUT2D eigenvalue weighted by atomic mass is 127. The molecule has 0 bridgehead atoms. The van der Waals surface area contributed by atoms with Gasteiger partial charge in [-0.25, -0.2) is 4.99 Å². The van der Waals surface area contributed by atoms with Gasteiger partial charge in [-0.3, -0.25) is 9.69 Å². The number of nitrogens with zero attached hydrogens (tertiary/aromatic N) is 4. The van der Waals surface area contributed by atoms with Crippen LogP contribution in [-0.4, -0.2) is 111 Å². The van der Waals surface area contributed by atoms with Gasteiger partial charge in [-0.05, 0) is 5.92 Å². The lowest BCUT2D eigenvalue weighted by Crippen LogP contribution is -2.51. The van der Waals surface area contributed by atoms with Crippen LogP contribution in [0.4, 0.5) is 0 Å². The second kappa shape index (κ2) is 13.1. The molecule has 2 saturated heterocycles. The number of carbonyl (C=O) groups excluding carboxylic acids is 1. The van der Waals surface area contributed by atoms with Crippen LogP contribution in [0.15, 0.2) is 4.99 Å². The Morgan fingerprint density at radius 1 is 1.30 bits per heavy atom. The van der Waals surface area contributed by atoms with E-state index in [4.69, 9.17) is 4.74 Å². The van der Waals surface area contributed by atoms with Gasteiger partial charge in [0.25, 0.3) is 0 Å². The minimum absolute atomic E-state index is 0. The van der Waals surface area contributed by atoms with Crippen molar-refractivity contribution in [3.63, 3.8) is 0 Å². The highest BCUT2D eigenvalue weighted by Gasteiger charge is 2.25. The maximum Gasteiger partial charge on any atom is 0.243 e. The third-order valence-corrected chi connectivity index (χ3v) is 6.35. The van der Waals surface area contributed by atoms with Gasteiger partial charge >= 0.3 is 0 Å². The van der Waals surface area contributed by atoms with Crippen molar-refractivity contribution in [2.75, 3.05) is 78.9 Å². The van der Waals surface area contributed by atoms with Crippen LogP contribution in [0.1, 0.15) is 13.8 Å². The Bertz CT molecular complexity index is 473. The van der Waals surface area contributed by atoms with Crippen molar-refractivity contribution in [2.24, 2.45) is 10.9 Å². The molecule has 0 aromatic carbocycles. The summed E-state index contributed by atoms with van der Waals surface area (Å²) in [5.74, 6) is 2.65. The number of guanidine groups is 1. The van der Waals surface area contributed by atoms with Gasteiger partial charge in [-0.15, -0.1) is 24.0 Å². The first-order valence-corrected chi connectivity index (χ1v) is 10.7. The molecule has 2 fully saturated rings. The molecule has 158 valence electrons. The molecule has 0 radical (unpaired) electrons. The van der Waals surface area contributed by atoms with E-state index in [9.17, 15) is 4.79 Å². The number of hydrogen-bond donors (Lipinski definition) is 1. The van der Waals surface area contributed by atoms with E-state index in [1.165, 1.54) is 0 Å². The van der Waals surface area contributed by atoms with E-state index in [2.05, 4.69) is 34.0 Å². The first-order valence-electron chi connectivity index (χ1n) is 9.62. The number of likely N-dealkylation sites (N-methyl/N-ethyl adjacent to an activating group) is 1. The fourth-order valence-corrected chi connectivity index (χ4v) is 4.27. The number of thioether (sulfide) groups is 1. The van der Waals surface area contributed by atoms with E-state index >= 15 is 0 Å². The van der Waals surface area contributed by atoms with Gasteiger partial charge < -0.3 is 19.9 Å². The Morgan fingerprint density at radius 2 is 2.00 bits per heavy atom. The number of nitrogens with one attached hydrogen (secondary N) is 1. The molecule has 1 amide bonds. The average molecular weight is 513 g/mol. The molecule has 2 heterocycles. The minimum atomic E-state index is 0. The predicted molar refractivity (Wildman–Crippen MR) is 124 cm³/mol. The summed E-state index contributed by atoms with van der Waals surface area (Å²) in [6, 6.07) is 0. The van der Waals surface area contributed by atoms with Crippen LogP contribution in [-0.2, 0) is 9.53 Å². The lowest BCUT2D eigenvalue weighted by atomic mass is 10.1. The van der Waals surface area contributed by atoms with Gasteiger partial charge in [-0.1, -0.05) is 13.8 Å². The van der Waals surface area contributed by atoms with Crippen molar-refractivity contribution in [1.82, 2.24) is 20.0 Å². The summed E-state index contributed by atoms with van der Waals surface area (Å²) in [6.07, 6.45) is 0. The second-order valence-electron chi connectivity index (χ2n) is 7.41. The second-order valence-corrected chi connectivity index (χ2v) is 8.76. The predicted octanol–water partition coefficient (Wildman–Crippen LogP) is 1.04. The molecule has 1 unspecified atom stereocenters. The Labute approximate surface area is 185 Å². The summed E-state index contributed by atoms with van der Waals surface area (Å²) in [4.78, 5) is 22.9. The zero-order valence-corrected chi connectivity index (χ0v) is 20.3. The molecule has 9 heteroatoms. The summed E-state index contributed by atoms with van der Waals surface area (Å²) in [5.41, 5.74) is 0. The lowest BCUT2D eigenvalue weighted by molar-refractivity contribution is -0.127. The van der Waals surface area contributed by atoms with Crippen molar-refractivity contribution in [1.29, 1.82) is 0 Å². The van der Waals surface area contributed by atoms with Crippen molar-refractivity contribution < 1.29 is 9.53 Å². The molecule has 0 aliphatic carbocycles. The Hall–Kier alpha value is -0.260. The van der Waals surface area contributed by atoms with Crippen LogP contribution in [0, 0.1) is 5.92 Å². The zero-order valence-electron chi connectivity index (χ0n) is 17.1. The van der Waals surface area contributed by atoms with Crippen LogP contribution >= 0.6 is 35.7 Å². The van der Waals surface area contributed by atoms with Crippen LogP contribution in [0.3, 0.4) is 0 Å². The number of carbonyl (C=O) groups is 1. The normalized spacial score (nSPS) is 21.7. The molecular weight excluding hydrogens is 477 g/mol. The highest BCUT2D eigenvalue weighted by molar-refractivity contribution is 14.0. The molecule has 27 heavy (non-hydrogen) atoms. The van der Waals surface area contributed by atoms with Crippen LogP contribution in [0.2, 0.25) is 0 Å². The molecule has 2 aliphatic heterocycles. The van der Waals surface area contributed by atoms with Crippen LogP contribution < -0.4 is 5.32 Å². The van der Waals surface area contributed by atoms with Crippen LogP contribution in [0.5, 0.6) is 0 Å². The van der Waals surface area contributed by atoms with Crippen molar-refractivity contribution in [3.8, 4) is 0 Å². The molecule has 0 saturated carbocycles. The molecular formula is C18H36IN5O2S. The van der Waals surface area contributed by atoms with Gasteiger partial charge in [0, 0.05) is 64.4 Å². The molecule has 2 rings (SSSR count). The third-order valence-electron chi connectivity index (χ3n) is 4.81. The first-order chi connectivity index (χ1) is 12.5. The van der Waals surface area contributed by atoms with E-state index in [0.717, 1.165) is 64.2 Å². The van der Waals surface area contributed by atoms with Crippen molar-refractivity contribution in [3.05, 3.63) is 0 Å². The largest absolute Gasteiger partial charge is 0.379 e. The number of hydrogen-bond acceptors (Lipinski definition) is 5. The van der Waals surface area contributed by atoms with E-state index in [1.807, 2.05) is 11.8 Å². The maximum absolute atomic E-state index is 12.0. The maximum atomic E-state index is 12.0. The number of rotatable bonds is 6. The van der Waals surface area contributed by atoms with E-state index in [1.54, 1.807) is 19.0 Å². The van der Waals surface area contributed by atoms with E-state index in [0.29, 0.717) is 11.2 Å². The van der Waals surface area contributed by atoms with Crippen LogP contribution in [0.25, 0.3) is 0 Å². The number of amides is 1. The van der Waals surface area contributed by atoms with Gasteiger partial charge in [-0.2, -0.15) is 11.8 Å². The summed E-state index contributed by atoms with van der Waals surface area (Å²) in [5, 5.41) is 4.11. The monoisotopic (exact) mass is 513 g/mol. The summed E-state index contributed by atoms with van der Waals surface area (Å²) >= 11 is 2.05. The summed E-state index contributed by atoms with van der Waals surface area (Å²) < 4.78 is 5.41. The molecule has 0 spiro atoms. The molecule has 0 aromatic rings. The Kier molecular flexibility index (Phi) is 12.0. The van der Waals surface area contributed by atoms with E-state index < -0.39 is 0 Å². The van der Waals surface area contributed by atoms with Gasteiger partial charge in [0.15, 0.2) is 5.96 Å². The zero-order chi connectivity index (χ0) is 18.9. The third kappa shape index (κ3) is 8.74. The molecule has 2 aliphatic rings. The van der Waals surface area contributed by atoms with Gasteiger partial charge in [0.2, 0.25) is 5.91 Å². The van der Waals surface area contributed by atoms with Crippen molar-refractivity contribution >= 4 is 47.6 Å². The number of morpholine rings is 1. The lowest BCUT2D eigenvalue weighted by Gasteiger charge is -2.36. The molecule has 1 atom stereocenters. The summed E-state index contributed by atoms with van der Waals surface area (Å²) in [7, 11) is 3.55. The highest BCUT2D eigenvalue weighted by Crippen LogP contribution is 2.24. The molecule has 7 nitrogen and oxygen atoms in total. The molecule has 1 N–H and O–H groups in total. The topological polar surface area (TPSA) is 60.4 Å². The molecule has 0 aromatic heterocycles. The minimum Gasteiger partial charge on any atom is -0.379 e. The van der Waals surface area contributed by atoms with Gasteiger partial charge in [0.05, 0.1) is 13.2 Å². The van der Waals surface area contributed by atoms with E-state index in [-0.39, 0.29) is 36.4 Å². The number of halogens is 1. The number of ether oxygens (including phenoxy) is 1. The van der Waals surface area contributed by atoms with Crippen molar-refractivity contribution in [2.45, 2.75) is 19.1 Å². The van der Waals surface area contributed by atoms with Gasteiger partial charge in [0.1, 0.15) is 6.54 Å². The Balaban J connectivity index is 0.00000364. The smallest absolute Gasteiger partial charge is 0.243 e. The first kappa shape index (κ1) is 24.8. The fraction of sp³-hybridized carbons (Fsp3) is 0.889. The summed E-state index contributed by atoms with van der Waals surface area (Å²) in [6.45, 7) is 12.1. The Morgan fingerprint density at radius 3 is 2.63 bits per heavy atom. The SMILES string of the molecule is CC(C)C1CN(C(=NCC(=O)N(C)C)NCCN2CCOCC2)CCS1.I.